The highest BCUT2D eigenvalue weighted by Gasteiger charge is 2.49. The minimum Gasteiger partial charge on any atom is -0.508 e. The number of rotatable bonds is 8. The Labute approximate surface area is 209 Å². The normalized spacial score (nSPS) is 20.3. The van der Waals surface area contributed by atoms with Gasteiger partial charge in [-0.3, -0.25) is 9.59 Å². The molecule has 5 atom stereocenters. The third-order valence-corrected chi connectivity index (χ3v) is 6.06. The number of nitrogens with one attached hydrogen (secondary N) is 2. The predicted octanol–water partition coefficient (Wildman–Crippen LogP) is 4.52. The standard InChI is InChI=1S/C27H43N3O5/c1-10-16(2)21(28-25(34)35-27(7,8)9)24(33)30(20-15-17(20)3)22(23(32)29-26(4,5)6)18-11-13-19(31)14-12-18/h11-14,16-17,20-22,31H,10,15H2,1-9H3,(H,28,34)(H,29,32). The SMILES string of the molecule is CCC(C)C(NC(=O)OC(C)(C)C)C(=O)N(C(C(=O)NC(C)(C)C)c1ccc(O)cc1)C1CC1C. The molecule has 0 heterocycles. The number of aromatic hydroxyl groups is 1. The van der Waals surface area contributed by atoms with Crippen LogP contribution in [0.1, 0.15) is 86.8 Å². The average Bonchev–Trinajstić information content (AvgIpc) is 3.43. The molecular weight excluding hydrogens is 446 g/mol. The molecule has 1 aromatic carbocycles. The zero-order valence-electron chi connectivity index (χ0n) is 22.6. The lowest BCUT2D eigenvalue weighted by Gasteiger charge is -2.37. The van der Waals surface area contributed by atoms with Crippen molar-refractivity contribution in [3.05, 3.63) is 29.8 Å². The highest BCUT2D eigenvalue weighted by Crippen LogP contribution is 2.41. The third kappa shape index (κ3) is 8.15. The first-order chi connectivity index (χ1) is 16.0. The largest absolute Gasteiger partial charge is 0.508 e. The number of hydrogen-bond donors (Lipinski definition) is 3. The van der Waals surface area contributed by atoms with Crippen LogP contribution in [0.3, 0.4) is 0 Å². The smallest absolute Gasteiger partial charge is 0.408 e. The third-order valence-electron chi connectivity index (χ3n) is 6.06. The van der Waals surface area contributed by atoms with E-state index in [2.05, 4.69) is 10.6 Å². The zero-order chi connectivity index (χ0) is 26.7. The Kier molecular flexibility index (Phi) is 8.84. The quantitative estimate of drug-likeness (QED) is 0.497. The van der Waals surface area contributed by atoms with Gasteiger partial charge in [-0.05, 0) is 77.5 Å². The van der Waals surface area contributed by atoms with E-state index in [1.54, 1.807) is 37.8 Å². The monoisotopic (exact) mass is 489 g/mol. The molecule has 0 spiro atoms. The van der Waals surface area contributed by atoms with E-state index in [0.29, 0.717) is 12.0 Å². The Morgan fingerprint density at radius 1 is 1.11 bits per heavy atom. The lowest BCUT2D eigenvalue weighted by Crippen LogP contribution is -2.57. The zero-order valence-corrected chi connectivity index (χ0v) is 22.6. The Bertz CT molecular complexity index is 901. The number of carbonyl (C=O) groups is 3. The second-order valence-electron chi connectivity index (χ2n) is 11.8. The number of nitrogens with zero attached hydrogens (tertiary/aromatic N) is 1. The van der Waals surface area contributed by atoms with E-state index in [1.165, 1.54) is 12.1 Å². The lowest BCUT2D eigenvalue weighted by atomic mass is 9.95. The van der Waals surface area contributed by atoms with Gasteiger partial charge in [0, 0.05) is 11.6 Å². The van der Waals surface area contributed by atoms with Crippen molar-refractivity contribution in [2.75, 3.05) is 0 Å². The number of benzene rings is 1. The molecule has 0 saturated heterocycles. The van der Waals surface area contributed by atoms with Crippen LogP contribution < -0.4 is 10.6 Å². The van der Waals surface area contributed by atoms with Gasteiger partial charge >= 0.3 is 6.09 Å². The van der Waals surface area contributed by atoms with Crippen LogP contribution in [-0.2, 0) is 14.3 Å². The van der Waals surface area contributed by atoms with Gasteiger partial charge in [0.1, 0.15) is 23.4 Å². The molecule has 0 bridgehead atoms. The number of phenolic OH excluding ortho intramolecular Hbond substituents is 1. The number of hydrogen-bond acceptors (Lipinski definition) is 5. The van der Waals surface area contributed by atoms with Crippen molar-refractivity contribution in [3.8, 4) is 5.75 Å². The van der Waals surface area contributed by atoms with Gasteiger partial charge < -0.3 is 25.4 Å². The summed E-state index contributed by atoms with van der Waals surface area (Å²) in [5.74, 6) is -0.513. The predicted molar refractivity (Wildman–Crippen MR) is 136 cm³/mol. The molecule has 1 aliphatic carbocycles. The van der Waals surface area contributed by atoms with E-state index in [0.717, 1.165) is 6.42 Å². The molecular formula is C27H43N3O5. The highest BCUT2D eigenvalue weighted by atomic mass is 16.6. The molecule has 1 saturated carbocycles. The molecule has 3 N–H and O–H groups in total. The van der Waals surface area contributed by atoms with E-state index in [4.69, 9.17) is 4.74 Å². The minimum absolute atomic E-state index is 0.0745. The van der Waals surface area contributed by atoms with Crippen LogP contribution in [0.25, 0.3) is 0 Å². The van der Waals surface area contributed by atoms with Crippen LogP contribution in [0.2, 0.25) is 0 Å². The molecule has 1 aromatic rings. The fraction of sp³-hybridized carbons (Fsp3) is 0.667. The van der Waals surface area contributed by atoms with Crippen LogP contribution in [0, 0.1) is 11.8 Å². The van der Waals surface area contributed by atoms with Gasteiger partial charge in [0.05, 0.1) is 0 Å². The van der Waals surface area contributed by atoms with Crippen LogP contribution in [0.5, 0.6) is 5.75 Å². The van der Waals surface area contributed by atoms with Crippen molar-refractivity contribution in [3.63, 3.8) is 0 Å². The average molecular weight is 490 g/mol. The van der Waals surface area contributed by atoms with E-state index in [1.807, 2.05) is 41.5 Å². The molecule has 1 fully saturated rings. The first-order valence-electron chi connectivity index (χ1n) is 12.5. The maximum atomic E-state index is 14.1. The van der Waals surface area contributed by atoms with Gasteiger partial charge in [-0.25, -0.2) is 4.79 Å². The van der Waals surface area contributed by atoms with Crippen molar-refractivity contribution < 1.29 is 24.2 Å². The van der Waals surface area contributed by atoms with Crippen molar-refractivity contribution in [1.82, 2.24) is 15.5 Å². The summed E-state index contributed by atoms with van der Waals surface area (Å²) in [4.78, 5) is 42.1. The number of amides is 3. The number of alkyl carbamates (subject to hydrolysis) is 1. The molecule has 35 heavy (non-hydrogen) atoms. The van der Waals surface area contributed by atoms with Crippen LogP contribution in [0.15, 0.2) is 24.3 Å². The summed E-state index contributed by atoms with van der Waals surface area (Å²) in [5.41, 5.74) is -0.628. The van der Waals surface area contributed by atoms with Crippen LogP contribution >= 0.6 is 0 Å². The van der Waals surface area contributed by atoms with Crippen molar-refractivity contribution >= 4 is 17.9 Å². The summed E-state index contributed by atoms with van der Waals surface area (Å²) >= 11 is 0. The fourth-order valence-corrected chi connectivity index (χ4v) is 3.98. The maximum absolute atomic E-state index is 14.1. The summed E-state index contributed by atoms with van der Waals surface area (Å²) in [5, 5.41) is 15.6. The molecule has 196 valence electrons. The summed E-state index contributed by atoms with van der Waals surface area (Å²) in [6.07, 6.45) is 0.751. The molecule has 0 radical (unpaired) electrons. The Hall–Kier alpha value is -2.77. The molecule has 0 aliphatic heterocycles. The number of ether oxygens (including phenoxy) is 1. The van der Waals surface area contributed by atoms with Crippen molar-refractivity contribution in [1.29, 1.82) is 0 Å². The summed E-state index contributed by atoms with van der Waals surface area (Å²) < 4.78 is 5.43. The van der Waals surface area contributed by atoms with Gasteiger partial charge in [0.2, 0.25) is 11.8 Å². The van der Waals surface area contributed by atoms with Gasteiger partial charge in [-0.15, -0.1) is 0 Å². The second-order valence-corrected chi connectivity index (χ2v) is 11.8. The summed E-state index contributed by atoms with van der Waals surface area (Å²) in [6.45, 7) is 16.9. The Morgan fingerprint density at radius 3 is 2.09 bits per heavy atom. The van der Waals surface area contributed by atoms with Crippen molar-refractivity contribution in [2.24, 2.45) is 11.8 Å². The van der Waals surface area contributed by atoms with E-state index in [-0.39, 0.29) is 35.4 Å². The number of phenols is 1. The second kappa shape index (κ2) is 10.9. The first kappa shape index (κ1) is 28.5. The lowest BCUT2D eigenvalue weighted by molar-refractivity contribution is -0.145. The molecule has 2 rings (SSSR count). The number of carbonyl (C=O) groups excluding carboxylic acids is 3. The highest BCUT2D eigenvalue weighted by molar-refractivity contribution is 5.93. The summed E-state index contributed by atoms with van der Waals surface area (Å²) in [7, 11) is 0. The molecule has 8 nitrogen and oxygen atoms in total. The molecule has 8 heteroatoms. The Morgan fingerprint density at radius 2 is 1.66 bits per heavy atom. The topological polar surface area (TPSA) is 108 Å². The van der Waals surface area contributed by atoms with E-state index < -0.39 is 29.3 Å². The van der Waals surface area contributed by atoms with E-state index >= 15 is 0 Å². The van der Waals surface area contributed by atoms with Crippen molar-refractivity contribution in [2.45, 2.75) is 104 Å². The molecule has 3 amide bonds. The molecule has 0 aromatic heterocycles. The fourth-order valence-electron chi connectivity index (χ4n) is 3.98. The van der Waals surface area contributed by atoms with Gasteiger partial charge in [-0.1, -0.05) is 39.3 Å². The molecule has 5 unspecified atom stereocenters. The van der Waals surface area contributed by atoms with Gasteiger partial charge in [-0.2, -0.15) is 0 Å². The molecule has 1 aliphatic rings. The van der Waals surface area contributed by atoms with E-state index in [9.17, 15) is 19.5 Å². The summed E-state index contributed by atoms with van der Waals surface area (Å²) in [6, 6.07) is 4.44. The first-order valence-corrected chi connectivity index (χ1v) is 12.5. The van der Waals surface area contributed by atoms with Crippen LogP contribution in [-0.4, -0.2) is 51.1 Å². The van der Waals surface area contributed by atoms with Gasteiger partial charge in [0.15, 0.2) is 0 Å². The maximum Gasteiger partial charge on any atom is 0.408 e. The Balaban J connectivity index is 2.52. The minimum atomic E-state index is -0.913. The van der Waals surface area contributed by atoms with Crippen LogP contribution in [0.4, 0.5) is 4.79 Å². The van der Waals surface area contributed by atoms with Gasteiger partial charge in [0.25, 0.3) is 0 Å².